The Labute approximate surface area is 150 Å². The molecule has 1 aliphatic carbocycles. The molecule has 0 bridgehead atoms. The fourth-order valence-corrected chi connectivity index (χ4v) is 3.18. The van der Waals surface area contributed by atoms with Crippen LogP contribution in [0, 0.1) is 17.8 Å². The van der Waals surface area contributed by atoms with Crippen molar-refractivity contribution in [3.63, 3.8) is 0 Å². The summed E-state index contributed by atoms with van der Waals surface area (Å²) in [5.74, 6) is -3.19. The molecule has 142 valence electrons. The number of likely N-dealkylation sites (tertiary alicyclic amines) is 1. The summed E-state index contributed by atoms with van der Waals surface area (Å²) in [6, 6.07) is -1.04. The van der Waals surface area contributed by atoms with Crippen molar-refractivity contribution < 1.29 is 28.7 Å². The molecule has 1 aliphatic heterocycles. The minimum Gasteiger partial charge on any atom is -0.452 e. The van der Waals surface area contributed by atoms with Crippen LogP contribution < -0.4 is 11.1 Å². The normalized spacial score (nSPS) is 23.0. The van der Waals surface area contributed by atoms with Gasteiger partial charge in [0, 0.05) is 6.54 Å². The number of ether oxygens (including phenoxy) is 1. The number of nitrogens with zero attached hydrogens (tertiary/aromatic N) is 1. The zero-order chi connectivity index (χ0) is 19.4. The molecule has 5 amide bonds. The highest BCUT2D eigenvalue weighted by molar-refractivity contribution is 6.05. The molecule has 0 aromatic carbocycles. The van der Waals surface area contributed by atoms with Crippen molar-refractivity contribution in [3.8, 4) is 0 Å². The summed E-state index contributed by atoms with van der Waals surface area (Å²) in [7, 11) is 0. The van der Waals surface area contributed by atoms with Crippen LogP contribution >= 0.6 is 0 Å². The number of primary amides is 1. The van der Waals surface area contributed by atoms with Crippen LogP contribution in [0.2, 0.25) is 0 Å². The second-order valence-electron chi connectivity index (χ2n) is 6.74. The smallest absolute Gasteiger partial charge is 0.318 e. The van der Waals surface area contributed by atoms with E-state index in [-0.39, 0.29) is 42.5 Å². The maximum absolute atomic E-state index is 12.3. The third kappa shape index (κ3) is 4.27. The predicted molar refractivity (Wildman–Crippen MR) is 89.1 cm³/mol. The third-order valence-electron chi connectivity index (χ3n) is 4.51. The summed E-state index contributed by atoms with van der Waals surface area (Å²) in [5, 5.41) is 1.87. The van der Waals surface area contributed by atoms with Gasteiger partial charge < -0.3 is 10.5 Å². The lowest BCUT2D eigenvalue weighted by atomic mass is 9.85. The zero-order valence-electron chi connectivity index (χ0n) is 14.8. The van der Waals surface area contributed by atoms with Gasteiger partial charge in [0.15, 0.2) is 6.10 Å². The van der Waals surface area contributed by atoms with Crippen LogP contribution in [0.1, 0.15) is 33.1 Å². The minimum absolute atomic E-state index is 0.0915. The van der Waals surface area contributed by atoms with E-state index in [2.05, 4.69) is 0 Å². The molecule has 3 N–H and O–H groups in total. The predicted octanol–water partition coefficient (Wildman–Crippen LogP) is 0.0904. The second kappa shape index (κ2) is 8.11. The first-order valence-corrected chi connectivity index (χ1v) is 8.52. The largest absolute Gasteiger partial charge is 0.452 e. The van der Waals surface area contributed by atoms with Crippen molar-refractivity contribution in [3.05, 3.63) is 12.2 Å². The van der Waals surface area contributed by atoms with Crippen molar-refractivity contribution in [1.82, 2.24) is 10.2 Å². The Kier molecular flexibility index (Phi) is 6.12. The van der Waals surface area contributed by atoms with Gasteiger partial charge in [-0.25, -0.2) is 4.79 Å². The summed E-state index contributed by atoms with van der Waals surface area (Å²) < 4.78 is 5.10. The number of nitrogens with two attached hydrogens (primary N) is 1. The summed E-state index contributed by atoms with van der Waals surface area (Å²) in [6.45, 7) is 3.19. The molecule has 0 saturated carbocycles. The van der Waals surface area contributed by atoms with E-state index in [1.165, 1.54) is 0 Å². The SMILES string of the molecule is CC(C)[C@H](OC(=O)CCN1C(=O)[C@H]2CC=CC[C@H]2C1=O)C(=O)NC(N)=O. The number of fused-ring (bicyclic) bond motifs is 1. The molecule has 3 atom stereocenters. The summed E-state index contributed by atoms with van der Waals surface area (Å²) in [6.07, 6.45) is 3.41. The topological polar surface area (TPSA) is 136 Å². The van der Waals surface area contributed by atoms with E-state index >= 15 is 0 Å². The Hall–Kier alpha value is -2.71. The van der Waals surface area contributed by atoms with E-state index in [0.717, 1.165) is 4.90 Å². The summed E-state index contributed by atoms with van der Waals surface area (Å²) >= 11 is 0. The fourth-order valence-electron chi connectivity index (χ4n) is 3.18. The van der Waals surface area contributed by atoms with Crippen LogP contribution in [-0.4, -0.2) is 47.3 Å². The lowest BCUT2D eigenvalue weighted by Crippen LogP contribution is -2.45. The lowest BCUT2D eigenvalue weighted by Gasteiger charge is -2.20. The minimum atomic E-state index is -1.19. The number of imide groups is 2. The van der Waals surface area contributed by atoms with E-state index in [9.17, 15) is 24.0 Å². The molecule has 1 saturated heterocycles. The second-order valence-corrected chi connectivity index (χ2v) is 6.74. The van der Waals surface area contributed by atoms with E-state index in [1.54, 1.807) is 13.8 Å². The fraction of sp³-hybridized carbons (Fsp3) is 0.588. The highest BCUT2D eigenvalue weighted by Gasteiger charge is 2.47. The molecule has 2 rings (SSSR count). The number of urea groups is 1. The molecule has 9 heteroatoms. The van der Waals surface area contributed by atoms with Gasteiger partial charge in [0.25, 0.3) is 5.91 Å². The number of hydrogen-bond donors (Lipinski definition) is 2. The van der Waals surface area contributed by atoms with Crippen molar-refractivity contribution in [2.24, 2.45) is 23.5 Å². The molecule has 0 aromatic heterocycles. The molecule has 0 unspecified atom stereocenters. The van der Waals surface area contributed by atoms with Crippen molar-refractivity contribution in [2.75, 3.05) is 6.54 Å². The molecular formula is C17H23N3O6. The molecule has 9 nitrogen and oxygen atoms in total. The number of nitrogens with one attached hydrogen (secondary N) is 1. The number of allylic oxidation sites excluding steroid dienone is 2. The lowest BCUT2D eigenvalue weighted by molar-refractivity contribution is -0.159. The quantitative estimate of drug-likeness (QED) is 0.389. The Morgan fingerprint density at radius 3 is 2.19 bits per heavy atom. The van der Waals surface area contributed by atoms with Crippen molar-refractivity contribution in [1.29, 1.82) is 0 Å². The highest BCUT2D eigenvalue weighted by Crippen LogP contribution is 2.35. The van der Waals surface area contributed by atoms with Crippen molar-refractivity contribution >= 4 is 29.7 Å². The molecule has 1 fully saturated rings. The van der Waals surface area contributed by atoms with Crippen molar-refractivity contribution in [2.45, 2.75) is 39.2 Å². The van der Waals surface area contributed by atoms with E-state index in [0.29, 0.717) is 12.8 Å². The molecule has 0 aromatic rings. The summed E-state index contributed by atoms with van der Waals surface area (Å²) in [4.78, 5) is 60.4. The van der Waals surface area contributed by atoms with E-state index in [1.807, 2.05) is 17.5 Å². The first-order valence-electron chi connectivity index (χ1n) is 8.52. The number of amides is 5. The molecule has 0 spiro atoms. The van der Waals surface area contributed by atoms with Crippen LogP contribution in [-0.2, 0) is 23.9 Å². The first-order chi connectivity index (χ1) is 12.2. The van der Waals surface area contributed by atoms with Gasteiger partial charge in [0.2, 0.25) is 11.8 Å². The first kappa shape index (κ1) is 19.6. The highest BCUT2D eigenvalue weighted by atomic mass is 16.5. The monoisotopic (exact) mass is 365 g/mol. The van der Waals surface area contributed by atoms with Gasteiger partial charge in [-0.05, 0) is 18.8 Å². The standard InChI is InChI=1S/C17H23N3O6/c1-9(2)13(14(22)19-17(18)25)26-12(21)7-8-20-15(23)10-5-3-4-6-11(10)16(20)24/h3-4,9-11,13H,5-8H2,1-2H3,(H3,18,19,22,25)/t10-,11+,13-/m0/s1. The molecule has 0 radical (unpaired) electrons. The van der Waals surface area contributed by atoms with Crippen LogP contribution in [0.25, 0.3) is 0 Å². The Morgan fingerprint density at radius 1 is 1.19 bits per heavy atom. The summed E-state index contributed by atoms with van der Waals surface area (Å²) in [5.41, 5.74) is 4.89. The molecular weight excluding hydrogens is 342 g/mol. The van der Waals surface area contributed by atoms with E-state index < -0.39 is 24.0 Å². The van der Waals surface area contributed by atoms with E-state index in [4.69, 9.17) is 10.5 Å². The number of carbonyl (C=O) groups excluding carboxylic acids is 5. The van der Waals surface area contributed by atoms with Gasteiger partial charge in [0.1, 0.15) is 0 Å². The number of rotatable bonds is 6. The average molecular weight is 365 g/mol. The van der Waals surface area contributed by atoms with Gasteiger partial charge in [-0.15, -0.1) is 0 Å². The maximum Gasteiger partial charge on any atom is 0.318 e. The third-order valence-corrected chi connectivity index (χ3v) is 4.51. The van der Waals surface area contributed by atoms with Crippen LogP contribution in [0.4, 0.5) is 4.79 Å². The number of carbonyl (C=O) groups is 5. The van der Waals surface area contributed by atoms with Gasteiger partial charge in [-0.3, -0.25) is 29.4 Å². The van der Waals surface area contributed by atoms with Gasteiger partial charge in [-0.2, -0.15) is 0 Å². The van der Waals surface area contributed by atoms with Gasteiger partial charge in [0.05, 0.1) is 18.3 Å². The number of hydrogen-bond acceptors (Lipinski definition) is 6. The zero-order valence-corrected chi connectivity index (χ0v) is 14.8. The Bertz CT molecular complexity index is 631. The Balaban J connectivity index is 1.91. The average Bonchev–Trinajstić information content (AvgIpc) is 2.81. The molecule has 26 heavy (non-hydrogen) atoms. The maximum atomic E-state index is 12.3. The number of esters is 1. The van der Waals surface area contributed by atoms with Crippen LogP contribution in [0.15, 0.2) is 12.2 Å². The van der Waals surface area contributed by atoms with Crippen LogP contribution in [0.3, 0.4) is 0 Å². The Morgan fingerprint density at radius 2 is 1.73 bits per heavy atom. The molecule has 2 aliphatic rings. The van der Waals surface area contributed by atoms with Crippen LogP contribution in [0.5, 0.6) is 0 Å². The van der Waals surface area contributed by atoms with Gasteiger partial charge in [-0.1, -0.05) is 26.0 Å². The van der Waals surface area contributed by atoms with Gasteiger partial charge >= 0.3 is 12.0 Å². The molecule has 1 heterocycles.